The van der Waals surface area contributed by atoms with Gasteiger partial charge in [0.1, 0.15) is 0 Å². The van der Waals surface area contributed by atoms with Crippen LogP contribution in [-0.4, -0.2) is 24.9 Å². The van der Waals surface area contributed by atoms with Crippen molar-refractivity contribution in [1.29, 1.82) is 0 Å². The Bertz CT molecular complexity index is 948. The topological polar surface area (TPSA) is 32.9 Å². The van der Waals surface area contributed by atoms with Crippen molar-refractivity contribution in [3.8, 4) is 11.3 Å². The van der Waals surface area contributed by atoms with E-state index in [0.717, 1.165) is 27.3 Å². The molecule has 132 valence electrons. The molecule has 0 aliphatic carbocycles. The maximum atomic E-state index is 4.42. The summed E-state index contributed by atoms with van der Waals surface area (Å²) in [5.74, 6) is 0. The Kier molecular flexibility index (Phi) is 5.81. The molecule has 0 aliphatic rings. The van der Waals surface area contributed by atoms with Gasteiger partial charge in [0, 0.05) is 31.7 Å². The van der Waals surface area contributed by atoms with Crippen LogP contribution in [0, 0.1) is 0 Å². The molecule has 0 atom stereocenters. The molecule has 5 heteroatoms. The number of hydrogen-bond donors (Lipinski definition) is 0. The van der Waals surface area contributed by atoms with E-state index in [9.17, 15) is 0 Å². The van der Waals surface area contributed by atoms with E-state index in [1.165, 1.54) is 0 Å². The maximum Gasteiger partial charge on any atom is 0.211 e. The lowest BCUT2D eigenvalue weighted by Crippen LogP contribution is -2.14. The minimum atomic E-state index is 0.694. The van der Waals surface area contributed by atoms with Gasteiger partial charge in [-0.1, -0.05) is 48.5 Å². The molecule has 0 saturated heterocycles. The summed E-state index contributed by atoms with van der Waals surface area (Å²) in [6.45, 7) is 4.56. The quantitative estimate of drug-likeness (QED) is 0.363. The average molecular weight is 363 g/mol. The number of rotatable bonds is 6. The van der Waals surface area contributed by atoms with Crippen molar-refractivity contribution in [2.45, 2.75) is 6.54 Å². The minimum Gasteiger partial charge on any atom is -0.378 e. The molecule has 0 fully saturated rings. The van der Waals surface area contributed by atoms with Crippen molar-refractivity contribution in [3.05, 3.63) is 83.0 Å². The van der Waals surface area contributed by atoms with Gasteiger partial charge in [-0.2, -0.15) is 5.10 Å². The van der Waals surface area contributed by atoms with Crippen LogP contribution in [0.3, 0.4) is 0 Å². The van der Waals surface area contributed by atoms with Gasteiger partial charge in [0.05, 0.1) is 11.9 Å². The number of anilines is 1. The maximum absolute atomic E-state index is 4.42. The minimum absolute atomic E-state index is 0.694. The van der Waals surface area contributed by atoms with Crippen molar-refractivity contribution in [3.63, 3.8) is 0 Å². The van der Waals surface area contributed by atoms with E-state index in [0.29, 0.717) is 6.54 Å². The van der Waals surface area contributed by atoms with Crippen molar-refractivity contribution in [2.75, 3.05) is 19.0 Å². The van der Waals surface area contributed by atoms with Crippen LogP contribution in [0.1, 0.15) is 5.56 Å². The molecule has 1 heterocycles. The summed E-state index contributed by atoms with van der Waals surface area (Å²) >= 11 is 1.58. The van der Waals surface area contributed by atoms with Gasteiger partial charge in [0.25, 0.3) is 0 Å². The summed E-state index contributed by atoms with van der Waals surface area (Å²) in [5.41, 5.74) is 4.47. The van der Waals surface area contributed by atoms with Crippen molar-refractivity contribution in [1.82, 2.24) is 4.57 Å². The highest BCUT2D eigenvalue weighted by atomic mass is 32.1. The predicted octanol–water partition coefficient (Wildman–Crippen LogP) is 4.40. The molecule has 2 aromatic carbocycles. The van der Waals surface area contributed by atoms with Crippen LogP contribution in [0.25, 0.3) is 11.3 Å². The van der Waals surface area contributed by atoms with Gasteiger partial charge >= 0.3 is 0 Å². The van der Waals surface area contributed by atoms with Gasteiger partial charge < -0.3 is 9.47 Å². The van der Waals surface area contributed by atoms with Gasteiger partial charge in [-0.05, 0) is 23.3 Å². The normalized spacial score (nSPS) is 11.8. The Morgan fingerprint density at radius 1 is 1.08 bits per heavy atom. The number of hydrogen-bond acceptors (Lipinski definition) is 4. The van der Waals surface area contributed by atoms with Crippen LogP contribution in [0.15, 0.2) is 82.8 Å². The van der Waals surface area contributed by atoms with Crippen molar-refractivity contribution in [2.24, 2.45) is 10.2 Å². The number of benzene rings is 2. The van der Waals surface area contributed by atoms with Crippen LogP contribution in [0.4, 0.5) is 5.69 Å². The average Bonchev–Trinajstić information content (AvgIpc) is 3.06. The molecule has 0 bridgehead atoms. The Balaban J connectivity index is 1.88. The Hall–Kier alpha value is -2.92. The van der Waals surface area contributed by atoms with E-state index in [4.69, 9.17) is 0 Å². The van der Waals surface area contributed by atoms with Crippen LogP contribution in [0.5, 0.6) is 0 Å². The van der Waals surface area contributed by atoms with Crippen molar-refractivity contribution >= 4 is 23.2 Å². The summed E-state index contributed by atoms with van der Waals surface area (Å²) in [6, 6.07) is 18.5. The first-order chi connectivity index (χ1) is 12.7. The van der Waals surface area contributed by atoms with E-state index >= 15 is 0 Å². The standard InChI is InChI=1S/C21H22N4S/c1-4-14-25-20(18-8-6-5-7-9-18)16-26-21(25)23-22-15-17-10-12-19(13-11-17)24(2)3/h4-13,15-16H,1,14H2,2-3H3/b22-15+,23-21-. The van der Waals surface area contributed by atoms with Crippen LogP contribution in [0.2, 0.25) is 0 Å². The van der Waals surface area contributed by atoms with Gasteiger partial charge in [0.2, 0.25) is 4.80 Å². The largest absolute Gasteiger partial charge is 0.378 e. The fourth-order valence-corrected chi connectivity index (χ4v) is 3.43. The SMILES string of the molecule is C=CCn1c(-c2ccccc2)cs/c1=N\N=C\c1ccc(N(C)C)cc1. The number of thiazole rings is 1. The summed E-state index contributed by atoms with van der Waals surface area (Å²) in [6.07, 6.45) is 3.65. The highest BCUT2D eigenvalue weighted by molar-refractivity contribution is 7.07. The molecule has 0 amide bonds. The summed E-state index contributed by atoms with van der Waals surface area (Å²) < 4.78 is 2.12. The second kappa shape index (κ2) is 8.45. The molecule has 0 unspecified atom stereocenters. The Morgan fingerprint density at radius 3 is 2.46 bits per heavy atom. The molecule has 4 nitrogen and oxygen atoms in total. The van der Waals surface area contributed by atoms with Gasteiger partial charge in [-0.15, -0.1) is 23.0 Å². The lowest BCUT2D eigenvalue weighted by atomic mass is 10.2. The fraction of sp³-hybridized carbons (Fsp3) is 0.143. The summed E-state index contributed by atoms with van der Waals surface area (Å²) in [7, 11) is 4.05. The Labute approximate surface area is 158 Å². The number of nitrogens with zero attached hydrogens (tertiary/aromatic N) is 4. The zero-order valence-electron chi connectivity index (χ0n) is 15.0. The van der Waals surface area contributed by atoms with E-state index in [1.807, 2.05) is 50.5 Å². The zero-order valence-corrected chi connectivity index (χ0v) is 15.9. The van der Waals surface area contributed by atoms with Crippen LogP contribution < -0.4 is 9.70 Å². The number of aromatic nitrogens is 1. The monoisotopic (exact) mass is 362 g/mol. The van der Waals surface area contributed by atoms with Crippen LogP contribution >= 0.6 is 11.3 Å². The Morgan fingerprint density at radius 2 is 1.81 bits per heavy atom. The van der Waals surface area contributed by atoms with Crippen molar-refractivity contribution < 1.29 is 0 Å². The molecule has 1 aromatic heterocycles. The molecular formula is C21H22N4S. The highest BCUT2D eigenvalue weighted by Crippen LogP contribution is 2.19. The smallest absolute Gasteiger partial charge is 0.211 e. The van der Waals surface area contributed by atoms with E-state index < -0.39 is 0 Å². The molecule has 3 rings (SSSR count). The van der Waals surface area contributed by atoms with E-state index in [-0.39, 0.29) is 0 Å². The first kappa shape index (κ1) is 17.9. The fourth-order valence-electron chi connectivity index (χ4n) is 2.56. The summed E-state index contributed by atoms with van der Waals surface area (Å²) in [5, 5.41) is 10.8. The van der Waals surface area contributed by atoms with Gasteiger partial charge in [0.15, 0.2) is 0 Å². The molecule has 26 heavy (non-hydrogen) atoms. The molecule has 0 spiro atoms. The second-order valence-corrected chi connectivity index (χ2v) is 6.84. The van der Waals surface area contributed by atoms with Gasteiger partial charge in [-0.3, -0.25) is 0 Å². The lowest BCUT2D eigenvalue weighted by Gasteiger charge is -2.11. The predicted molar refractivity (Wildman–Crippen MR) is 112 cm³/mol. The lowest BCUT2D eigenvalue weighted by molar-refractivity contribution is 0.789. The zero-order chi connectivity index (χ0) is 18.4. The van der Waals surface area contributed by atoms with Crippen LogP contribution in [-0.2, 0) is 6.54 Å². The third-order valence-electron chi connectivity index (χ3n) is 3.94. The molecule has 0 saturated carbocycles. The molecule has 0 radical (unpaired) electrons. The third kappa shape index (κ3) is 4.18. The molecular weight excluding hydrogens is 340 g/mol. The highest BCUT2D eigenvalue weighted by Gasteiger charge is 2.06. The molecule has 0 aliphatic heterocycles. The van der Waals surface area contributed by atoms with E-state index in [1.54, 1.807) is 17.6 Å². The summed E-state index contributed by atoms with van der Waals surface area (Å²) in [4.78, 5) is 2.92. The molecule has 0 N–H and O–H groups in total. The second-order valence-electron chi connectivity index (χ2n) is 6.00. The van der Waals surface area contributed by atoms with E-state index in [2.05, 4.69) is 55.9 Å². The number of allylic oxidation sites excluding steroid dienone is 1. The first-order valence-corrected chi connectivity index (χ1v) is 9.26. The third-order valence-corrected chi connectivity index (χ3v) is 4.79. The van der Waals surface area contributed by atoms with Gasteiger partial charge in [-0.25, -0.2) is 0 Å². The first-order valence-electron chi connectivity index (χ1n) is 8.38. The molecule has 3 aromatic rings.